The maximum Gasteiger partial charge on any atom is 0.261 e. The number of aromatic nitrogens is 3. The molecule has 4 N–H and O–H groups in total. The van der Waals surface area contributed by atoms with Crippen LogP contribution in [-0.4, -0.2) is 34.1 Å². The van der Waals surface area contributed by atoms with Gasteiger partial charge in [0.25, 0.3) is 5.56 Å². The molecule has 6 nitrogen and oxygen atoms in total. The molecule has 0 amide bonds. The van der Waals surface area contributed by atoms with Gasteiger partial charge in [-0.2, -0.15) is 0 Å². The van der Waals surface area contributed by atoms with Crippen molar-refractivity contribution in [3.8, 4) is 11.4 Å². The van der Waals surface area contributed by atoms with Crippen LogP contribution in [0.1, 0.15) is 19.3 Å². The van der Waals surface area contributed by atoms with Crippen LogP contribution >= 0.6 is 11.6 Å². The number of nitrogens with zero attached hydrogens (tertiary/aromatic N) is 1. The van der Waals surface area contributed by atoms with Crippen LogP contribution in [0.4, 0.5) is 5.69 Å². The van der Waals surface area contributed by atoms with Crippen LogP contribution in [0.2, 0.25) is 5.02 Å². The highest BCUT2D eigenvalue weighted by atomic mass is 35.5. The number of hydrogen-bond acceptors (Lipinski definition) is 4. The molecule has 1 atom stereocenters. The second kappa shape index (κ2) is 7.54. The van der Waals surface area contributed by atoms with Crippen molar-refractivity contribution in [2.45, 2.75) is 25.3 Å². The number of hydrogen-bond donors (Lipinski definition) is 4. The minimum atomic E-state index is -0.182. The Hall–Kier alpha value is -2.83. The molecule has 1 aliphatic rings. The first-order valence-corrected chi connectivity index (χ1v) is 10.3. The van der Waals surface area contributed by atoms with Gasteiger partial charge in [0.05, 0.1) is 22.2 Å². The zero-order valence-corrected chi connectivity index (χ0v) is 16.6. The van der Waals surface area contributed by atoms with Crippen LogP contribution in [0.15, 0.2) is 47.3 Å². The molecule has 0 spiro atoms. The summed E-state index contributed by atoms with van der Waals surface area (Å²) in [6.45, 7) is 1.77. The lowest BCUT2D eigenvalue weighted by Crippen LogP contribution is -2.39. The molecule has 1 aliphatic heterocycles. The molecule has 4 aromatic rings. The summed E-state index contributed by atoms with van der Waals surface area (Å²) in [5.41, 5.74) is 3.56. The van der Waals surface area contributed by atoms with E-state index >= 15 is 0 Å². The number of aromatic amines is 2. The molecule has 7 heteroatoms. The molecule has 5 rings (SSSR count). The maximum atomic E-state index is 13.1. The van der Waals surface area contributed by atoms with Gasteiger partial charge >= 0.3 is 0 Å². The summed E-state index contributed by atoms with van der Waals surface area (Å²) in [4.78, 5) is 24.0. The highest BCUT2D eigenvalue weighted by Gasteiger charge is 2.20. The highest BCUT2D eigenvalue weighted by Crippen LogP contribution is 2.32. The molecule has 1 fully saturated rings. The van der Waals surface area contributed by atoms with Crippen molar-refractivity contribution in [3.05, 3.63) is 57.8 Å². The second-order valence-corrected chi connectivity index (χ2v) is 7.96. The van der Waals surface area contributed by atoms with Crippen LogP contribution in [0.25, 0.3) is 33.3 Å². The average molecular weight is 408 g/mol. The van der Waals surface area contributed by atoms with Crippen molar-refractivity contribution in [1.82, 2.24) is 20.3 Å². The molecule has 3 heterocycles. The smallest absolute Gasteiger partial charge is 0.261 e. The second-order valence-electron chi connectivity index (χ2n) is 7.52. The number of pyridine rings is 1. The predicted octanol–water partition coefficient (Wildman–Crippen LogP) is 4.28. The van der Waals surface area contributed by atoms with Gasteiger partial charge in [-0.3, -0.25) is 4.79 Å². The number of piperidine rings is 1. The molecule has 2 aromatic heterocycles. The lowest BCUT2D eigenvalue weighted by molar-refractivity contribution is 0.414. The largest absolute Gasteiger partial charge is 0.382 e. The van der Waals surface area contributed by atoms with Gasteiger partial charge in [0.1, 0.15) is 11.4 Å². The Morgan fingerprint density at radius 3 is 2.83 bits per heavy atom. The zero-order valence-electron chi connectivity index (χ0n) is 15.9. The molecule has 0 unspecified atom stereocenters. The third kappa shape index (κ3) is 3.50. The highest BCUT2D eigenvalue weighted by molar-refractivity contribution is 6.31. The lowest BCUT2D eigenvalue weighted by Gasteiger charge is -2.25. The van der Waals surface area contributed by atoms with Crippen molar-refractivity contribution in [3.63, 3.8) is 0 Å². The van der Waals surface area contributed by atoms with Gasteiger partial charge in [0.2, 0.25) is 0 Å². The number of nitrogens with one attached hydrogen (secondary N) is 4. The third-order valence-corrected chi connectivity index (χ3v) is 5.78. The molecule has 1 saturated heterocycles. The van der Waals surface area contributed by atoms with Gasteiger partial charge in [-0.05, 0) is 49.7 Å². The number of halogens is 1. The minimum absolute atomic E-state index is 0.182. The lowest BCUT2D eigenvalue weighted by atomic mass is 10.0. The van der Waals surface area contributed by atoms with Gasteiger partial charge in [-0.25, -0.2) is 4.98 Å². The Bertz CT molecular complexity index is 1210. The minimum Gasteiger partial charge on any atom is -0.382 e. The van der Waals surface area contributed by atoms with Gasteiger partial charge in [-0.15, -0.1) is 0 Å². The van der Waals surface area contributed by atoms with E-state index in [1.54, 1.807) is 6.07 Å². The number of imidazole rings is 1. The molecule has 2 aromatic carbocycles. The van der Waals surface area contributed by atoms with E-state index in [1.807, 2.05) is 36.4 Å². The van der Waals surface area contributed by atoms with Crippen molar-refractivity contribution in [2.75, 3.05) is 18.4 Å². The molecule has 0 bridgehead atoms. The molecule has 0 radical (unpaired) electrons. The van der Waals surface area contributed by atoms with Gasteiger partial charge in [0.15, 0.2) is 0 Å². The fourth-order valence-electron chi connectivity index (χ4n) is 4.07. The van der Waals surface area contributed by atoms with E-state index < -0.39 is 0 Å². The Morgan fingerprint density at radius 1 is 1.10 bits per heavy atom. The number of fused-ring (bicyclic) bond motifs is 2. The standard InChI is InChI=1S/C22H22ClN5O/c23-13-8-9-16-15(11-13)20(25-12-14-5-3-4-10-24-14)19(22(29)28-16)21-26-17-6-1-2-7-18(17)27-21/h1-2,6-9,11,14,24H,3-5,10,12H2,(H,26,27)(H2,25,28,29)/t14-/m1/s1. The van der Waals surface area contributed by atoms with Crippen molar-refractivity contribution >= 4 is 39.2 Å². The topological polar surface area (TPSA) is 85.6 Å². The maximum absolute atomic E-state index is 13.1. The van der Waals surface area contributed by atoms with E-state index in [-0.39, 0.29) is 5.56 Å². The third-order valence-electron chi connectivity index (χ3n) is 5.54. The first-order chi connectivity index (χ1) is 14.2. The SMILES string of the molecule is O=c1[nH]c2ccc(Cl)cc2c(NC[C@H]2CCCCN2)c1-c1nc2ccccc2[nH]1. The van der Waals surface area contributed by atoms with Crippen molar-refractivity contribution in [2.24, 2.45) is 0 Å². The molecular formula is C22H22ClN5O. The molecule has 29 heavy (non-hydrogen) atoms. The summed E-state index contributed by atoms with van der Waals surface area (Å²) in [7, 11) is 0. The molecule has 0 aliphatic carbocycles. The first-order valence-electron chi connectivity index (χ1n) is 9.97. The quantitative estimate of drug-likeness (QED) is 0.406. The number of anilines is 1. The van der Waals surface area contributed by atoms with E-state index in [1.165, 1.54) is 12.8 Å². The fourth-order valence-corrected chi connectivity index (χ4v) is 4.24. The van der Waals surface area contributed by atoms with E-state index in [0.717, 1.165) is 47.1 Å². The van der Waals surface area contributed by atoms with Crippen LogP contribution in [-0.2, 0) is 0 Å². The Kier molecular flexibility index (Phi) is 4.73. The van der Waals surface area contributed by atoms with Crippen LogP contribution in [0.5, 0.6) is 0 Å². The van der Waals surface area contributed by atoms with Crippen molar-refractivity contribution in [1.29, 1.82) is 0 Å². The summed E-state index contributed by atoms with van der Waals surface area (Å²) in [6.07, 6.45) is 3.55. The zero-order chi connectivity index (χ0) is 19.8. The van der Waals surface area contributed by atoms with E-state index in [4.69, 9.17) is 11.6 Å². The van der Waals surface area contributed by atoms with Gasteiger partial charge in [0, 0.05) is 23.0 Å². The average Bonchev–Trinajstić information content (AvgIpc) is 3.16. The Labute approximate surface area is 172 Å². The number of benzene rings is 2. The number of para-hydroxylation sites is 2. The summed E-state index contributed by atoms with van der Waals surface area (Å²) in [5, 5.41) is 8.58. The fraction of sp³-hybridized carbons (Fsp3) is 0.273. The van der Waals surface area contributed by atoms with Gasteiger partial charge < -0.3 is 20.6 Å². The normalized spacial score (nSPS) is 17.1. The van der Waals surface area contributed by atoms with Crippen LogP contribution in [0, 0.1) is 0 Å². The Morgan fingerprint density at radius 2 is 2.00 bits per heavy atom. The summed E-state index contributed by atoms with van der Waals surface area (Å²) < 4.78 is 0. The van der Waals surface area contributed by atoms with Crippen LogP contribution in [0.3, 0.4) is 0 Å². The van der Waals surface area contributed by atoms with E-state index in [0.29, 0.717) is 22.5 Å². The van der Waals surface area contributed by atoms with E-state index in [2.05, 4.69) is 25.6 Å². The number of rotatable bonds is 4. The monoisotopic (exact) mass is 407 g/mol. The molecule has 148 valence electrons. The molecular weight excluding hydrogens is 386 g/mol. The summed E-state index contributed by atoms with van der Waals surface area (Å²) >= 11 is 6.29. The summed E-state index contributed by atoms with van der Waals surface area (Å²) in [5.74, 6) is 0.549. The summed E-state index contributed by atoms with van der Waals surface area (Å²) in [6, 6.07) is 13.7. The number of H-pyrrole nitrogens is 2. The van der Waals surface area contributed by atoms with E-state index in [9.17, 15) is 4.79 Å². The molecule has 0 saturated carbocycles. The van der Waals surface area contributed by atoms with Crippen LogP contribution < -0.4 is 16.2 Å². The van der Waals surface area contributed by atoms with Crippen molar-refractivity contribution < 1.29 is 0 Å². The predicted molar refractivity (Wildman–Crippen MR) is 119 cm³/mol. The first kappa shape index (κ1) is 18.2. The van der Waals surface area contributed by atoms with Gasteiger partial charge in [-0.1, -0.05) is 30.2 Å². The Balaban J connectivity index is 1.66.